The predicted molar refractivity (Wildman–Crippen MR) is 110 cm³/mol. The molecule has 1 amide bonds. The van der Waals surface area contributed by atoms with E-state index in [2.05, 4.69) is 25.7 Å². The number of nitrogens with one attached hydrogen (secondary N) is 2. The Morgan fingerprint density at radius 2 is 2.11 bits per heavy atom. The summed E-state index contributed by atoms with van der Waals surface area (Å²) in [7, 11) is 1.61. The highest BCUT2D eigenvalue weighted by molar-refractivity contribution is 7.98. The second-order valence-electron chi connectivity index (χ2n) is 6.56. The minimum atomic E-state index is -0.403. The minimum absolute atomic E-state index is 0.116. The van der Waals surface area contributed by atoms with Crippen LogP contribution in [-0.4, -0.2) is 49.1 Å². The standard InChI is InChI=1S/C18H23N7O2S/c1-11(2)21-14-13-10-20-25(15(13)23-18(22-14)28-4)9-7-19-16(26)12-6-5-8-24(3)17(12)27/h5-6,8,10-11H,7,9H2,1-4H3,(H,19,26)(H,21,22,23). The molecule has 0 saturated carbocycles. The Balaban J connectivity index is 1.77. The summed E-state index contributed by atoms with van der Waals surface area (Å²) in [6, 6.07) is 3.41. The van der Waals surface area contributed by atoms with Gasteiger partial charge in [0.25, 0.3) is 11.5 Å². The molecular weight excluding hydrogens is 378 g/mol. The quantitative estimate of drug-likeness (QED) is 0.456. The fourth-order valence-electron chi connectivity index (χ4n) is 2.71. The lowest BCUT2D eigenvalue weighted by Gasteiger charge is -2.11. The number of amides is 1. The lowest BCUT2D eigenvalue weighted by Crippen LogP contribution is -2.33. The smallest absolute Gasteiger partial charge is 0.263 e. The zero-order valence-electron chi connectivity index (χ0n) is 16.3. The number of thioether (sulfide) groups is 1. The Hall–Kier alpha value is -2.88. The van der Waals surface area contributed by atoms with E-state index in [1.54, 1.807) is 30.2 Å². The summed E-state index contributed by atoms with van der Waals surface area (Å²) in [4.78, 5) is 33.4. The van der Waals surface area contributed by atoms with Crippen LogP contribution in [0.5, 0.6) is 0 Å². The largest absolute Gasteiger partial charge is 0.367 e. The van der Waals surface area contributed by atoms with Gasteiger partial charge in [-0.05, 0) is 32.2 Å². The molecule has 0 bridgehead atoms. The molecule has 2 N–H and O–H groups in total. The summed E-state index contributed by atoms with van der Waals surface area (Å²) in [5.74, 6) is 0.340. The molecular formula is C18H23N7O2S. The maximum atomic E-state index is 12.3. The molecule has 0 radical (unpaired) electrons. The molecule has 3 rings (SSSR count). The third-order valence-electron chi connectivity index (χ3n) is 4.06. The number of aryl methyl sites for hydroxylation is 1. The molecule has 9 nitrogen and oxygen atoms in total. The van der Waals surface area contributed by atoms with Crippen molar-refractivity contribution in [3.05, 3.63) is 40.4 Å². The minimum Gasteiger partial charge on any atom is -0.367 e. The Bertz CT molecular complexity index is 1060. The van der Waals surface area contributed by atoms with Crippen molar-refractivity contribution in [2.24, 2.45) is 7.05 Å². The van der Waals surface area contributed by atoms with Crippen molar-refractivity contribution in [1.29, 1.82) is 0 Å². The summed E-state index contributed by atoms with van der Waals surface area (Å²) in [5, 5.41) is 12.0. The molecule has 10 heteroatoms. The van der Waals surface area contributed by atoms with Crippen LogP contribution in [0.4, 0.5) is 5.82 Å². The highest BCUT2D eigenvalue weighted by Crippen LogP contribution is 2.23. The van der Waals surface area contributed by atoms with Gasteiger partial charge in [-0.1, -0.05) is 11.8 Å². The number of rotatable bonds is 7. The molecule has 0 aliphatic carbocycles. The lowest BCUT2D eigenvalue weighted by atomic mass is 10.2. The number of aromatic nitrogens is 5. The van der Waals surface area contributed by atoms with E-state index in [1.807, 2.05) is 20.1 Å². The zero-order chi connectivity index (χ0) is 20.3. The van der Waals surface area contributed by atoms with E-state index in [-0.39, 0.29) is 17.2 Å². The monoisotopic (exact) mass is 401 g/mol. The maximum Gasteiger partial charge on any atom is 0.263 e. The van der Waals surface area contributed by atoms with Crippen molar-refractivity contribution >= 4 is 34.5 Å². The van der Waals surface area contributed by atoms with E-state index < -0.39 is 5.91 Å². The van der Waals surface area contributed by atoms with Crippen molar-refractivity contribution in [2.75, 3.05) is 18.1 Å². The molecule has 3 aromatic rings. The second-order valence-corrected chi connectivity index (χ2v) is 7.33. The van der Waals surface area contributed by atoms with Crippen LogP contribution in [0.15, 0.2) is 34.5 Å². The summed E-state index contributed by atoms with van der Waals surface area (Å²) >= 11 is 1.46. The Morgan fingerprint density at radius 1 is 1.32 bits per heavy atom. The topological polar surface area (TPSA) is 107 Å². The molecule has 0 aromatic carbocycles. The van der Waals surface area contributed by atoms with Crippen LogP contribution in [0.1, 0.15) is 24.2 Å². The number of anilines is 1. The van der Waals surface area contributed by atoms with Crippen molar-refractivity contribution in [2.45, 2.75) is 31.6 Å². The Morgan fingerprint density at radius 3 is 2.82 bits per heavy atom. The highest BCUT2D eigenvalue weighted by atomic mass is 32.2. The van der Waals surface area contributed by atoms with E-state index >= 15 is 0 Å². The Labute approximate surface area is 166 Å². The molecule has 0 unspecified atom stereocenters. The van der Waals surface area contributed by atoms with Gasteiger partial charge in [-0.2, -0.15) is 5.10 Å². The van der Waals surface area contributed by atoms with Crippen LogP contribution in [0.2, 0.25) is 0 Å². The van der Waals surface area contributed by atoms with Crippen LogP contribution in [0, 0.1) is 0 Å². The zero-order valence-corrected chi connectivity index (χ0v) is 17.1. The summed E-state index contributed by atoms with van der Waals surface area (Å²) in [5.41, 5.74) is 0.490. The van der Waals surface area contributed by atoms with Crippen LogP contribution >= 0.6 is 11.8 Å². The van der Waals surface area contributed by atoms with E-state index in [1.165, 1.54) is 22.4 Å². The van der Waals surface area contributed by atoms with Gasteiger partial charge >= 0.3 is 0 Å². The van der Waals surface area contributed by atoms with Crippen LogP contribution < -0.4 is 16.2 Å². The molecule has 0 atom stereocenters. The van der Waals surface area contributed by atoms with Gasteiger partial charge in [-0.3, -0.25) is 9.59 Å². The molecule has 3 aromatic heterocycles. The molecule has 148 valence electrons. The van der Waals surface area contributed by atoms with Gasteiger partial charge in [0.2, 0.25) is 0 Å². The molecule has 0 aliphatic heterocycles. The third kappa shape index (κ3) is 4.16. The van der Waals surface area contributed by atoms with E-state index in [0.29, 0.717) is 23.9 Å². The van der Waals surface area contributed by atoms with E-state index in [0.717, 1.165) is 11.2 Å². The van der Waals surface area contributed by atoms with Crippen LogP contribution in [-0.2, 0) is 13.6 Å². The van der Waals surface area contributed by atoms with Crippen molar-refractivity contribution in [1.82, 2.24) is 29.6 Å². The number of pyridine rings is 1. The molecule has 3 heterocycles. The molecule has 0 saturated heterocycles. The number of hydrogen-bond donors (Lipinski definition) is 2. The lowest BCUT2D eigenvalue weighted by molar-refractivity contribution is 0.0950. The first kappa shape index (κ1) is 19.9. The number of carbonyl (C=O) groups is 1. The van der Waals surface area contributed by atoms with Gasteiger partial charge in [-0.15, -0.1) is 0 Å². The number of hydrogen-bond acceptors (Lipinski definition) is 7. The van der Waals surface area contributed by atoms with Gasteiger partial charge < -0.3 is 15.2 Å². The van der Waals surface area contributed by atoms with E-state index in [4.69, 9.17) is 0 Å². The van der Waals surface area contributed by atoms with Crippen LogP contribution in [0.25, 0.3) is 11.0 Å². The third-order valence-corrected chi connectivity index (χ3v) is 4.61. The van der Waals surface area contributed by atoms with Crippen molar-refractivity contribution in [3.8, 4) is 0 Å². The molecule has 0 spiro atoms. The average Bonchev–Trinajstić information content (AvgIpc) is 3.06. The first-order valence-corrected chi connectivity index (χ1v) is 10.1. The van der Waals surface area contributed by atoms with Crippen molar-refractivity contribution in [3.63, 3.8) is 0 Å². The number of fused-ring (bicyclic) bond motifs is 1. The van der Waals surface area contributed by atoms with Crippen molar-refractivity contribution < 1.29 is 4.79 Å². The summed E-state index contributed by atoms with van der Waals surface area (Å²) in [6.07, 6.45) is 5.25. The fourth-order valence-corrected chi connectivity index (χ4v) is 3.07. The van der Waals surface area contributed by atoms with Gasteiger partial charge in [0.1, 0.15) is 11.4 Å². The number of carbonyl (C=O) groups excluding carboxylic acids is 1. The predicted octanol–water partition coefficient (Wildman–Crippen LogP) is 1.50. The molecule has 0 fully saturated rings. The maximum absolute atomic E-state index is 12.3. The Kier molecular flexibility index (Phi) is 5.98. The van der Waals surface area contributed by atoms with Gasteiger partial charge in [0.05, 0.1) is 18.1 Å². The highest BCUT2D eigenvalue weighted by Gasteiger charge is 2.14. The van der Waals surface area contributed by atoms with Gasteiger partial charge in [0.15, 0.2) is 10.8 Å². The summed E-state index contributed by atoms with van der Waals surface area (Å²) in [6.45, 7) is 4.83. The SMILES string of the molecule is CSc1nc(NC(C)C)c2cnn(CCNC(=O)c3cccn(C)c3=O)c2n1. The fraction of sp³-hybridized carbons (Fsp3) is 0.389. The number of nitrogens with zero attached hydrogens (tertiary/aromatic N) is 5. The summed E-state index contributed by atoms with van der Waals surface area (Å²) < 4.78 is 3.10. The van der Waals surface area contributed by atoms with E-state index in [9.17, 15) is 9.59 Å². The molecule has 28 heavy (non-hydrogen) atoms. The van der Waals surface area contributed by atoms with Gasteiger partial charge in [0, 0.05) is 25.8 Å². The average molecular weight is 401 g/mol. The normalized spacial score (nSPS) is 11.2. The van der Waals surface area contributed by atoms with Gasteiger partial charge in [-0.25, -0.2) is 14.6 Å². The first-order chi connectivity index (χ1) is 13.4. The van der Waals surface area contributed by atoms with Crippen LogP contribution in [0.3, 0.4) is 0 Å². The second kappa shape index (κ2) is 8.42. The molecule has 0 aliphatic rings. The first-order valence-electron chi connectivity index (χ1n) is 8.88.